The van der Waals surface area contributed by atoms with E-state index in [0.29, 0.717) is 42.6 Å². The highest BCUT2D eigenvalue weighted by Crippen LogP contribution is 2.30. The third kappa shape index (κ3) is 3.37. The molecule has 0 amide bonds. The zero-order valence-corrected chi connectivity index (χ0v) is 15.1. The Labute approximate surface area is 142 Å². The molecule has 0 radical (unpaired) electrons. The number of sulfonamides is 1. The van der Waals surface area contributed by atoms with Crippen molar-refractivity contribution < 1.29 is 12.8 Å². The lowest BCUT2D eigenvalue weighted by Gasteiger charge is -2.29. The van der Waals surface area contributed by atoms with E-state index in [2.05, 4.69) is 10.2 Å². The van der Waals surface area contributed by atoms with Gasteiger partial charge in [0.05, 0.1) is 4.90 Å². The van der Waals surface area contributed by atoms with Gasteiger partial charge in [0.25, 0.3) is 0 Å². The predicted octanol–water partition coefficient (Wildman–Crippen LogP) is 3.07. The highest BCUT2D eigenvalue weighted by Gasteiger charge is 2.32. The van der Waals surface area contributed by atoms with Crippen LogP contribution in [0.15, 0.2) is 33.6 Å². The molecule has 1 aliphatic heterocycles. The van der Waals surface area contributed by atoms with Gasteiger partial charge in [-0.1, -0.05) is 31.5 Å². The van der Waals surface area contributed by atoms with Crippen LogP contribution in [0.25, 0.3) is 0 Å². The monoisotopic (exact) mass is 349 g/mol. The summed E-state index contributed by atoms with van der Waals surface area (Å²) in [7, 11) is -3.43. The molecule has 1 aromatic carbocycles. The van der Waals surface area contributed by atoms with Crippen LogP contribution in [0.1, 0.15) is 55.9 Å². The van der Waals surface area contributed by atoms with Crippen LogP contribution in [0, 0.1) is 6.92 Å². The number of piperidine rings is 1. The largest absolute Gasteiger partial charge is 0.425 e. The molecule has 3 rings (SSSR count). The van der Waals surface area contributed by atoms with Crippen LogP contribution in [0.4, 0.5) is 0 Å². The predicted molar refractivity (Wildman–Crippen MR) is 90.3 cm³/mol. The summed E-state index contributed by atoms with van der Waals surface area (Å²) in [5, 5.41) is 8.20. The lowest BCUT2D eigenvalue weighted by molar-refractivity contribution is 0.285. The molecule has 0 N–H and O–H groups in total. The zero-order chi connectivity index (χ0) is 17.3. The molecule has 1 aromatic heterocycles. The average molecular weight is 349 g/mol. The average Bonchev–Trinajstić information content (AvgIpc) is 3.06. The number of aromatic nitrogens is 2. The van der Waals surface area contributed by atoms with Crippen LogP contribution in [-0.4, -0.2) is 36.0 Å². The maximum absolute atomic E-state index is 12.7. The molecule has 0 saturated carbocycles. The lowest BCUT2D eigenvalue weighted by atomic mass is 9.98. The minimum atomic E-state index is -3.43. The van der Waals surface area contributed by atoms with Crippen LogP contribution in [0.3, 0.4) is 0 Å². The standard InChI is InChI=1S/C17H23N3O3S/c1-12(2)16-18-19-17(23-16)14-8-10-20(11-9-14)24(21,22)15-6-4-13(3)5-7-15/h4-7,12,14H,8-11H2,1-3H3. The van der Waals surface area contributed by atoms with Crippen LogP contribution in [-0.2, 0) is 10.0 Å². The van der Waals surface area contributed by atoms with Gasteiger partial charge in [-0.15, -0.1) is 10.2 Å². The molecule has 1 aliphatic rings. The van der Waals surface area contributed by atoms with Gasteiger partial charge in [-0.2, -0.15) is 4.31 Å². The quantitative estimate of drug-likeness (QED) is 0.848. The molecule has 1 saturated heterocycles. The maximum atomic E-state index is 12.7. The molecule has 130 valence electrons. The first-order valence-electron chi connectivity index (χ1n) is 8.28. The Morgan fingerprint density at radius 2 is 1.75 bits per heavy atom. The van der Waals surface area contributed by atoms with Gasteiger partial charge < -0.3 is 4.42 Å². The van der Waals surface area contributed by atoms with Crippen molar-refractivity contribution in [3.8, 4) is 0 Å². The van der Waals surface area contributed by atoms with Gasteiger partial charge in [-0.3, -0.25) is 0 Å². The van der Waals surface area contributed by atoms with Crippen molar-refractivity contribution in [2.75, 3.05) is 13.1 Å². The zero-order valence-electron chi connectivity index (χ0n) is 14.3. The molecular formula is C17H23N3O3S. The Morgan fingerprint density at radius 3 is 2.29 bits per heavy atom. The summed E-state index contributed by atoms with van der Waals surface area (Å²) < 4.78 is 32.7. The summed E-state index contributed by atoms with van der Waals surface area (Å²) in [5.41, 5.74) is 1.05. The van der Waals surface area contributed by atoms with Crippen molar-refractivity contribution in [3.05, 3.63) is 41.6 Å². The van der Waals surface area contributed by atoms with Gasteiger partial charge in [0.1, 0.15) is 0 Å². The van der Waals surface area contributed by atoms with Crippen molar-refractivity contribution in [1.82, 2.24) is 14.5 Å². The fraction of sp³-hybridized carbons (Fsp3) is 0.529. The minimum absolute atomic E-state index is 0.134. The van der Waals surface area contributed by atoms with Gasteiger partial charge in [-0.25, -0.2) is 8.42 Å². The molecule has 2 heterocycles. The fourth-order valence-corrected chi connectivity index (χ4v) is 4.32. The Morgan fingerprint density at radius 1 is 1.12 bits per heavy atom. The van der Waals surface area contributed by atoms with E-state index in [1.165, 1.54) is 0 Å². The number of hydrogen-bond donors (Lipinski definition) is 0. The van der Waals surface area contributed by atoms with Crippen LogP contribution >= 0.6 is 0 Å². The van der Waals surface area contributed by atoms with E-state index in [0.717, 1.165) is 5.56 Å². The second kappa shape index (κ2) is 6.64. The summed E-state index contributed by atoms with van der Waals surface area (Å²) in [6.07, 6.45) is 1.40. The highest BCUT2D eigenvalue weighted by atomic mass is 32.2. The molecule has 0 unspecified atom stereocenters. The van der Waals surface area contributed by atoms with Gasteiger partial charge in [-0.05, 0) is 31.9 Å². The Kier molecular flexibility index (Phi) is 4.73. The van der Waals surface area contributed by atoms with Gasteiger partial charge in [0, 0.05) is 24.9 Å². The number of hydrogen-bond acceptors (Lipinski definition) is 5. The highest BCUT2D eigenvalue weighted by molar-refractivity contribution is 7.89. The van der Waals surface area contributed by atoms with Crippen molar-refractivity contribution in [3.63, 3.8) is 0 Å². The summed E-state index contributed by atoms with van der Waals surface area (Å²) in [6, 6.07) is 6.99. The maximum Gasteiger partial charge on any atom is 0.243 e. The smallest absolute Gasteiger partial charge is 0.243 e. The molecule has 0 aliphatic carbocycles. The fourth-order valence-electron chi connectivity index (χ4n) is 2.85. The van der Waals surface area contributed by atoms with Crippen LogP contribution in [0.2, 0.25) is 0 Å². The van der Waals surface area contributed by atoms with Gasteiger partial charge in [0.2, 0.25) is 21.8 Å². The van der Waals surface area contributed by atoms with E-state index in [9.17, 15) is 8.42 Å². The molecular weight excluding hydrogens is 326 g/mol. The minimum Gasteiger partial charge on any atom is -0.425 e. The number of rotatable bonds is 4. The van der Waals surface area contributed by atoms with Gasteiger partial charge >= 0.3 is 0 Å². The van der Waals surface area contributed by atoms with E-state index < -0.39 is 10.0 Å². The topological polar surface area (TPSA) is 76.3 Å². The molecule has 24 heavy (non-hydrogen) atoms. The van der Waals surface area contributed by atoms with Crippen LogP contribution < -0.4 is 0 Å². The van der Waals surface area contributed by atoms with E-state index in [1.807, 2.05) is 32.9 Å². The van der Waals surface area contributed by atoms with E-state index in [-0.39, 0.29) is 11.8 Å². The second-order valence-corrected chi connectivity index (χ2v) is 8.56. The first-order valence-corrected chi connectivity index (χ1v) is 9.72. The summed E-state index contributed by atoms with van der Waals surface area (Å²) >= 11 is 0. The molecule has 0 spiro atoms. The number of benzene rings is 1. The normalized spacial score (nSPS) is 17.5. The van der Waals surface area contributed by atoms with Gasteiger partial charge in [0.15, 0.2) is 0 Å². The first-order chi connectivity index (χ1) is 11.4. The van der Waals surface area contributed by atoms with E-state index >= 15 is 0 Å². The summed E-state index contributed by atoms with van der Waals surface area (Å²) in [6.45, 7) is 6.90. The lowest BCUT2D eigenvalue weighted by Crippen LogP contribution is -2.37. The van der Waals surface area contributed by atoms with E-state index in [4.69, 9.17) is 4.42 Å². The van der Waals surface area contributed by atoms with Crippen LogP contribution in [0.5, 0.6) is 0 Å². The summed E-state index contributed by atoms with van der Waals surface area (Å²) in [5.74, 6) is 1.61. The number of nitrogens with zero attached hydrogens (tertiary/aromatic N) is 3. The Balaban J connectivity index is 1.68. The number of aryl methyl sites for hydroxylation is 1. The molecule has 0 bridgehead atoms. The second-order valence-electron chi connectivity index (χ2n) is 6.62. The third-order valence-electron chi connectivity index (χ3n) is 4.41. The first kappa shape index (κ1) is 17.1. The molecule has 1 fully saturated rings. The van der Waals surface area contributed by atoms with Crippen molar-refractivity contribution in [2.45, 2.75) is 50.3 Å². The molecule has 2 aromatic rings. The molecule has 0 atom stereocenters. The summed E-state index contributed by atoms with van der Waals surface area (Å²) in [4.78, 5) is 0.353. The molecule has 7 heteroatoms. The SMILES string of the molecule is Cc1ccc(S(=O)(=O)N2CCC(c3nnc(C(C)C)o3)CC2)cc1. The molecule has 6 nitrogen and oxygen atoms in total. The Hall–Kier alpha value is -1.73. The van der Waals surface area contributed by atoms with Crippen molar-refractivity contribution in [1.29, 1.82) is 0 Å². The van der Waals surface area contributed by atoms with E-state index in [1.54, 1.807) is 16.4 Å². The Bertz CT molecular complexity index is 789. The van der Waals surface area contributed by atoms with Crippen molar-refractivity contribution in [2.24, 2.45) is 0 Å². The van der Waals surface area contributed by atoms with Crippen molar-refractivity contribution >= 4 is 10.0 Å². The third-order valence-corrected chi connectivity index (χ3v) is 6.32.